The predicted octanol–water partition coefficient (Wildman–Crippen LogP) is 4.24. The zero-order valence-corrected chi connectivity index (χ0v) is 14.7. The van der Waals surface area contributed by atoms with Crippen LogP contribution in [-0.4, -0.2) is 24.4 Å². The number of nitrogens with zero attached hydrogens (tertiary/aromatic N) is 2. The highest BCUT2D eigenvalue weighted by Gasteiger charge is 2.16. The molecule has 0 saturated carbocycles. The van der Waals surface area contributed by atoms with Crippen LogP contribution < -0.4 is 14.8 Å². The lowest BCUT2D eigenvalue weighted by atomic mass is 10.1. The first-order valence-corrected chi connectivity index (χ1v) is 7.99. The largest absolute Gasteiger partial charge is 0.497 e. The number of aryl methyl sites for hydroxylation is 1. The van der Waals surface area contributed by atoms with E-state index < -0.39 is 0 Å². The van der Waals surface area contributed by atoms with Crippen molar-refractivity contribution in [3.05, 3.63) is 53.9 Å². The van der Waals surface area contributed by atoms with Crippen LogP contribution in [0, 0.1) is 6.92 Å². The number of methoxy groups -OCH3 is 2. The number of ether oxygens (including phenoxy) is 2. The van der Waals surface area contributed by atoms with E-state index in [4.69, 9.17) is 13.9 Å². The maximum atomic E-state index is 5.81. The molecule has 0 bridgehead atoms. The van der Waals surface area contributed by atoms with Gasteiger partial charge in [-0.05, 0) is 38.1 Å². The molecule has 0 radical (unpaired) electrons. The smallest absolute Gasteiger partial charge is 0.247 e. The van der Waals surface area contributed by atoms with Crippen molar-refractivity contribution in [2.45, 2.75) is 19.9 Å². The minimum atomic E-state index is -0.172. The van der Waals surface area contributed by atoms with E-state index in [1.165, 1.54) is 5.56 Å². The maximum absolute atomic E-state index is 5.81. The van der Waals surface area contributed by atoms with Gasteiger partial charge in [-0.25, -0.2) is 0 Å². The molecule has 0 amide bonds. The zero-order chi connectivity index (χ0) is 17.8. The second kappa shape index (κ2) is 7.25. The molecular weight excluding hydrogens is 318 g/mol. The van der Waals surface area contributed by atoms with Gasteiger partial charge in [-0.2, -0.15) is 0 Å². The van der Waals surface area contributed by atoms with Crippen molar-refractivity contribution >= 4 is 5.69 Å². The van der Waals surface area contributed by atoms with Crippen LogP contribution in [0.1, 0.15) is 24.4 Å². The van der Waals surface area contributed by atoms with Gasteiger partial charge in [-0.15, -0.1) is 10.2 Å². The lowest BCUT2D eigenvalue weighted by Crippen LogP contribution is -2.08. The first-order chi connectivity index (χ1) is 12.1. The van der Waals surface area contributed by atoms with Crippen LogP contribution in [0.15, 0.2) is 46.9 Å². The minimum absolute atomic E-state index is 0.172. The van der Waals surface area contributed by atoms with Crippen molar-refractivity contribution in [2.24, 2.45) is 0 Å². The Balaban J connectivity index is 1.78. The molecule has 6 nitrogen and oxygen atoms in total. The summed E-state index contributed by atoms with van der Waals surface area (Å²) in [6.45, 7) is 3.99. The number of hydrogen-bond acceptors (Lipinski definition) is 6. The third-order valence-electron chi connectivity index (χ3n) is 3.89. The van der Waals surface area contributed by atoms with Gasteiger partial charge in [0.2, 0.25) is 11.8 Å². The van der Waals surface area contributed by atoms with Gasteiger partial charge in [0.05, 0.1) is 19.9 Å². The number of anilines is 1. The Morgan fingerprint density at radius 3 is 2.44 bits per heavy atom. The average molecular weight is 339 g/mol. The van der Waals surface area contributed by atoms with E-state index in [1.807, 2.05) is 56.3 Å². The van der Waals surface area contributed by atoms with Crippen LogP contribution >= 0.6 is 0 Å². The molecule has 1 unspecified atom stereocenters. The SMILES string of the molecule is COc1ccc(NC(C)c2nnc(-c3ccc(C)cc3)o2)c(OC)c1. The van der Waals surface area contributed by atoms with E-state index in [0.29, 0.717) is 17.5 Å². The van der Waals surface area contributed by atoms with E-state index in [2.05, 4.69) is 15.5 Å². The summed E-state index contributed by atoms with van der Waals surface area (Å²) in [7, 11) is 3.24. The monoisotopic (exact) mass is 339 g/mol. The Morgan fingerprint density at radius 1 is 1.00 bits per heavy atom. The molecule has 0 fully saturated rings. The summed E-state index contributed by atoms with van der Waals surface area (Å²) in [5.74, 6) is 2.43. The van der Waals surface area contributed by atoms with Gasteiger partial charge in [0, 0.05) is 11.6 Å². The normalized spacial score (nSPS) is 11.8. The second-order valence-corrected chi connectivity index (χ2v) is 5.74. The lowest BCUT2D eigenvalue weighted by molar-refractivity contribution is 0.395. The van der Waals surface area contributed by atoms with Crippen molar-refractivity contribution in [1.82, 2.24) is 10.2 Å². The molecule has 6 heteroatoms. The Bertz CT molecular complexity index is 843. The first kappa shape index (κ1) is 16.8. The van der Waals surface area contributed by atoms with Crippen LogP contribution in [-0.2, 0) is 0 Å². The number of rotatable bonds is 6. The lowest BCUT2D eigenvalue weighted by Gasteiger charge is -2.15. The van der Waals surface area contributed by atoms with Crippen LogP contribution in [0.2, 0.25) is 0 Å². The Morgan fingerprint density at radius 2 is 1.76 bits per heavy atom. The van der Waals surface area contributed by atoms with Crippen molar-refractivity contribution in [3.63, 3.8) is 0 Å². The van der Waals surface area contributed by atoms with Gasteiger partial charge >= 0.3 is 0 Å². The summed E-state index contributed by atoms with van der Waals surface area (Å²) >= 11 is 0. The number of hydrogen-bond donors (Lipinski definition) is 1. The van der Waals surface area contributed by atoms with Gasteiger partial charge in [0.25, 0.3) is 0 Å². The first-order valence-electron chi connectivity index (χ1n) is 7.99. The summed E-state index contributed by atoms with van der Waals surface area (Å²) in [5.41, 5.74) is 2.91. The van der Waals surface area contributed by atoms with Gasteiger partial charge in [0.15, 0.2) is 0 Å². The molecular formula is C19H21N3O3. The van der Waals surface area contributed by atoms with Crippen molar-refractivity contribution < 1.29 is 13.9 Å². The highest BCUT2D eigenvalue weighted by Crippen LogP contribution is 2.32. The summed E-state index contributed by atoms with van der Waals surface area (Å²) < 4.78 is 16.4. The summed E-state index contributed by atoms with van der Waals surface area (Å²) in [5, 5.41) is 11.6. The van der Waals surface area contributed by atoms with E-state index in [-0.39, 0.29) is 6.04 Å². The summed E-state index contributed by atoms with van der Waals surface area (Å²) in [6, 6.07) is 13.4. The standard InChI is InChI=1S/C19H21N3O3/c1-12-5-7-14(8-6-12)19-22-21-18(25-19)13(2)20-16-10-9-15(23-3)11-17(16)24-4/h5-11,13,20H,1-4H3. The molecule has 130 valence electrons. The Kier molecular flexibility index (Phi) is 4.88. The molecule has 3 aromatic rings. The van der Waals surface area contributed by atoms with Crippen LogP contribution in [0.25, 0.3) is 11.5 Å². The molecule has 0 spiro atoms. The Labute approximate surface area is 146 Å². The van der Waals surface area contributed by atoms with Crippen molar-refractivity contribution in [1.29, 1.82) is 0 Å². The summed E-state index contributed by atoms with van der Waals surface area (Å²) in [6.07, 6.45) is 0. The number of aromatic nitrogens is 2. The Hall–Kier alpha value is -3.02. The van der Waals surface area contributed by atoms with E-state index in [0.717, 1.165) is 17.0 Å². The number of benzene rings is 2. The molecule has 0 aliphatic carbocycles. The second-order valence-electron chi connectivity index (χ2n) is 5.74. The molecule has 1 aromatic heterocycles. The molecule has 1 N–H and O–H groups in total. The highest BCUT2D eigenvalue weighted by atomic mass is 16.5. The van der Waals surface area contributed by atoms with Gasteiger partial charge in [-0.1, -0.05) is 17.7 Å². The molecule has 1 atom stereocenters. The molecule has 1 heterocycles. The van der Waals surface area contributed by atoms with Gasteiger partial charge in [-0.3, -0.25) is 0 Å². The van der Waals surface area contributed by atoms with Crippen LogP contribution in [0.5, 0.6) is 11.5 Å². The van der Waals surface area contributed by atoms with E-state index >= 15 is 0 Å². The van der Waals surface area contributed by atoms with Crippen molar-refractivity contribution in [3.8, 4) is 23.0 Å². The molecule has 2 aromatic carbocycles. The van der Waals surface area contributed by atoms with E-state index in [9.17, 15) is 0 Å². The average Bonchev–Trinajstić information content (AvgIpc) is 3.13. The fraction of sp³-hybridized carbons (Fsp3) is 0.263. The van der Waals surface area contributed by atoms with Crippen LogP contribution in [0.3, 0.4) is 0 Å². The molecule has 0 aliphatic rings. The molecule has 25 heavy (non-hydrogen) atoms. The molecule has 3 rings (SSSR count). The third kappa shape index (κ3) is 3.74. The molecule has 0 aliphatic heterocycles. The highest BCUT2D eigenvalue weighted by molar-refractivity contribution is 5.60. The predicted molar refractivity (Wildman–Crippen MR) is 96.1 cm³/mol. The zero-order valence-electron chi connectivity index (χ0n) is 14.7. The fourth-order valence-electron chi connectivity index (χ4n) is 2.44. The summed E-state index contributed by atoms with van der Waals surface area (Å²) in [4.78, 5) is 0. The molecule has 0 saturated heterocycles. The van der Waals surface area contributed by atoms with Gasteiger partial charge < -0.3 is 19.2 Å². The van der Waals surface area contributed by atoms with E-state index in [1.54, 1.807) is 14.2 Å². The quantitative estimate of drug-likeness (QED) is 0.724. The maximum Gasteiger partial charge on any atom is 0.247 e. The number of nitrogens with one attached hydrogen (secondary N) is 1. The van der Waals surface area contributed by atoms with Crippen LogP contribution in [0.4, 0.5) is 5.69 Å². The fourth-order valence-corrected chi connectivity index (χ4v) is 2.44. The topological polar surface area (TPSA) is 69.4 Å². The minimum Gasteiger partial charge on any atom is -0.497 e. The van der Waals surface area contributed by atoms with Gasteiger partial charge in [0.1, 0.15) is 17.5 Å². The third-order valence-corrected chi connectivity index (χ3v) is 3.89. The van der Waals surface area contributed by atoms with Crippen molar-refractivity contribution in [2.75, 3.05) is 19.5 Å².